The van der Waals surface area contributed by atoms with Crippen LogP contribution in [0.1, 0.15) is 5.56 Å². The van der Waals surface area contributed by atoms with E-state index in [4.69, 9.17) is 4.74 Å². The van der Waals surface area contributed by atoms with Crippen molar-refractivity contribution in [3.8, 4) is 0 Å². The zero-order valence-corrected chi connectivity index (χ0v) is 13.7. The molecule has 7 heteroatoms. The molecule has 1 aliphatic heterocycles. The zero-order chi connectivity index (χ0) is 16.0. The second-order valence-electron chi connectivity index (χ2n) is 5.43. The number of methoxy groups -OCH3 is 1. The van der Waals surface area contributed by atoms with Gasteiger partial charge in [0.1, 0.15) is 5.82 Å². The summed E-state index contributed by atoms with van der Waals surface area (Å²) in [6.45, 7) is 3.59. The molecule has 1 saturated heterocycles. The molecule has 1 fully saturated rings. The van der Waals surface area contributed by atoms with Gasteiger partial charge in [-0.05, 0) is 24.1 Å². The molecule has 2 rings (SSSR count). The molecule has 0 saturated carbocycles. The average molecular weight is 330 g/mol. The number of benzene rings is 1. The molecule has 0 spiro atoms. The summed E-state index contributed by atoms with van der Waals surface area (Å²) in [4.78, 5) is 2.24. The predicted molar refractivity (Wildman–Crippen MR) is 83.8 cm³/mol. The van der Waals surface area contributed by atoms with Crippen molar-refractivity contribution in [2.75, 3.05) is 52.2 Å². The molecule has 0 bridgehead atoms. The zero-order valence-electron chi connectivity index (χ0n) is 12.9. The SMILES string of the molecule is COCCS(=O)(=O)N1CCN(CCc2ccc(F)cc2)CC1. The highest BCUT2D eigenvalue weighted by Gasteiger charge is 2.26. The van der Waals surface area contributed by atoms with Gasteiger partial charge in [-0.3, -0.25) is 0 Å². The monoisotopic (exact) mass is 330 g/mol. The van der Waals surface area contributed by atoms with Gasteiger partial charge in [0.2, 0.25) is 10.0 Å². The van der Waals surface area contributed by atoms with Crippen LogP contribution in [-0.4, -0.2) is 69.8 Å². The number of hydrogen-bond donors (Lipinski definition) is 0. The Morgan fingerprint density at radius 1 is 1.14 bits per heavy atom. The van der Waals surface area contributed by atoms with Gasteiger partial charge in [-0.1, -0.05) is 12.1 Å². The first-order chi connectivity index (χ1) is 10.5. The van der Waals surface area contributed by atoms with E-state index in [-0.39, 0.29) is 18.2 Å². The second kappa shape index (κ2) is 8.01. The van der Waals surface area contributed by atoms with Crippen molar-refractivity contribution in [3.05, 3.63) is 35.6 Å². The lowest BCUT2D eigenvalue weighted by molar-refractivity contribution is 0.186. The van der Waals surface area contributed by atoms with Crippen LogP contribution in [0.4, 0.5) is 4.39 Å². The molecule has 1 aliphatic rings. The topological polar surface area (TPSA) is 49.9 Å². The molecule has 124 valence electrons. The molecular weight excluding hydrogens is 307 g/mol. The number of halogens is 1. The van der Waals surface area contributed by atoms with E-state index >= 15 is 0 Å². The Balaban J connectivity index is 1.76. The largest absolute Gasteiger partial charge is 0.384 e. The normalized spacial score (nSPS) is 17.7. The van der Waals surface area contributed by atoms with E-state index in [0.717, 1.165) is 31.6 Å². The fourth-order valence-corrected chi connectivity index (χ4v) is 3.84. The van der Waals surface area contributed by atoms with E-state index in [1.54, 1.807) is 16.4 Å². The summed E-state index contributed by atoms with van der Waals surface area (Å²) in [6, 6.07) is 6.52. The fourth-order valence-electron chi connectivity index (χ4n) is 2.49. The van der Waals surface area contributed by atoms with Crippen LogP contribution in [0.25, 0.3) is 0 Å². The molecule has 0 amide bonds. The summed E-state index contributed by atoms with van der Waals surface area (Å²) in [5, 5.41) is 0. The molecule has 22 heavy (non-hydrogen) atoms. The van der Waals surface area contributed by atoms with Gasteiger partial charge in [0.15, 0.2) is 0 Å². The van der Waals surface area contributed by atoms with Crippen LogP contribution in [0.5, 0.6) is 0 Å². The van der Waals surface area contributed by atoms with E-state index in [1.165, 1.54) is 19.2 Å². The van der Waals surface area contributed by atoms with Gasteiger partial charge in [-0.25, -0.2) is 12.8 Å². The summed E-state index contributed by atoms with van der Waals surface area (Å²) >= 11 is 0. The standard InChI is InChI=1S/C15H23FN2O3S/c1-21-12-13-22(19,20)18-10-8-17(9-11-18)7-6-14-2-4-15(16)5-3-14/h2-5H,6-13H2,1H3. The Labute approximate surface area is 131 Å². The number of nitrogens with zero attached hydrogens (tertiary/aromatic N) is 2. The minimum Gasteiger partial charge on any atom is -0.384 e. The fraction of sp³-hybridized carbons (Fsp3) is 0.600. The van der Waals surface area contributed by atoms with E-state index in [1.807, 2.05) is 0 Å². The van der Waals surface area contributed by atoms with E-state index in [9.17, 15) is 12.8 Å². The molecule has 0 radical (unpaired) electrons. The predicted octanol–water partition coefficient (Wildman–Crippen LogP) is 0.962. The third kappa shape index (κ3) is 5.01. The Bertz CT molecular complexity index is 555. The maximum atomic E-state index is 12.8. The van der Waals surface area contributed by atoms with Gasteiger partial charge in [-0.2, -0.15) is 4.31 Å². The Hall–Kier alpha value is -1.02. The van der Waals surface area contributed by atoms with Crippen LogP contribution >= 0.6 is 0 Å². The molecule has 0 unspecified atom stereocenters. The third-order valence-electron chi connectivity index (χ3n) is 3.90. The maximum Gasteiger partial charge on any atom is 0.216 e. The van der Waals surface area contributed by atoms with Gasteiger partial charge in [0.25, 0.3) is 0 Å². The minimum atomic E-state index is -3.20. The number of hydrogen-bond acceptors (Lipinski definition) is 4. The van der Waals surface area contributed by atoms with Gasteiger partial charge < -0.3 is 9.64 Å². The minimum absolute atomic E-state index is 0.0408. The van der Waals surface area contributed by atoms with Crippen LogP contribution in [0, 0.1) is 5.82 Å². The summed E-state index contributed by atoms with van der Waals surface area (Å²) in [6.07, 6.45) is 0.844. The summed E-state index contributed by atoms with van der Waals surface area (Å²) < 4.78 is 43.3. The molecule has 0 N–H and O–H groups in total. The Kier molecular flexibility index (Phi) is 6.31. The molecule has 1 aromatic rings. The Morgan fingerprint density at radius 2 is 1.77 bits per heavy atom. The van der Waals surface area contributed by atoms with Crippen LogP contribution in [0.2, 0.25) is 0 Å². The van der Waals surface area contributed by atoms with Gasteiger partial charge >= 0.3 is 0 Å². The lowest BCUT2D eigenvalue weighted by Gasteiger charge is -2.34. The third-order valence-corrected chi connectivity index (χ3v) is 5.73. The number of sulfonamides is 1. The summed E-state index contributed by atoms with van der Waals surface area (Å²) in [5.74, 6) is -0.183. The van der Waals surface area contributed by atoms with Crippen molar-refractivity contribution in [1.29, 1.82) is 0 Å². The second-order valence-corrected chi connectivity index (χ2v) is 7.51. The van der Waals surface area contributed by atoms with Gasteiger partial charge in [0.05, 0.1) is 12.4 Å². The average Bonchev–Trinajstić information content (AvgIpc) is 2.53. The maximum absolute atomic E-state index is 12.8. The lowest BCUT2D eigenvalue weighted by Crippen LogP contribution is -2.49. The van der Waals surface area contributed by atoms with E-state index in [2.05, 4.69) is 4.90 Å². The quantitative estimate of drug-likeness (QED) is 0.747. The number of ether oxygens (including phenoxy) is 1. The molecule has 1 aromatic carbocycles. The summed E-state index contributed by atoms with van der Waals surface area (Å²) in [7, 11) is -1.70. The van der Waals surface area contributed by atoms with Crippen LogP contribution in [-0.2, 0) is 21.2 Å². The first-order valence-electron chi connectivity index (χ1n) is 7.45. The van der Waals surface area contributed by atoms with Crippen molar-refractivity contribution in [3.63, 3.8) is 0 Å². The van der Waals surface area contributed by atoms with Crippen LogP contribution in [0.3, 0.4) is 0 Å². The van der Waals surface area contributed by atoms with Crippen LogP contribution < -0.4 is 0 Å². The van der Waals surface area contributed by atoms with E-state index in [0.29, 0.717) is 13.1 Å². The lowest BCUT2D eigenvalue weighted by atomic mass is 10.1. The molecular formula is C15H23FN2O3S. The van der Waals surface area contributed by atoms with E-state index < -0.39 is 10.0 Å². The van der Waals surface area contributed by atoms with Crippen molar-refractivity contribution in [2.24, 2.45) is 0 Å². The highest BCUT2D eigenvalue weighted by Crippen LogP contribution is 2.10. The molecule has 0 aliphatic carbocycles. The number of piperazine rings is 1. The highest BCUT2D eigenvalue weighted by atomic mass is 32.2. The highest BCUT2D eigenvalue weighted by molar-refractivity contribution is 7.89. The number of rotatable bonds is 7. The Morgan fingerprint density at radius 3 is 2.36 bits per heavy atom. The molecule has 1 heterocycles. The molecule has 0 aromatic heterocycles. The van der Waals surface area contributed by atoms with Crippen molar-refractivity contribution in [1.82, 2.24) is 9.21 Å². The van der Waals surface area contributed by atoms with Crippen LogP contribution in [0.15, 0.2) is 24.3 Å². The first kappa shape index (κ1) is 17.3. The van der Waals surface area contributed by atoms with Crippen molar-refractivity contribution < 1.29 is 17.5 Å². The summed E-state index contributed by atoms with van der Waals surface area (Å²) in [5.41, 5.74) is 1.09. The smallest absolute Gasteiger partial charge is 0.216 e. The van der Waals surface area contributed by atoms with Crippen molar-refractivity contribution in [2.45, 2.75) is 6.42 Å². The molecule has 5 nitrogen and oxygen atoms in total. The first-order valence-corrected chi connectivity index (χ1v) is 9.06. The van der Waals surface area contributed by atoms with Gasteiger partial charge in [0, 0.05) is 39.8 Å². The van der Waals surface area contributed by atoms with Crippen molar-refractivity contribution >= 4 is 10.0 Å². The molecule has 0 atom stereocenters. The van der Waals surface area contributed by atoms with Gasteiger partial charge in [-0.15, -0.1) is 0 Å².